The first kappa shape index (κ1) is 16.9. The molecule has 0 unspecified atom stereocenters. The number of ether oxygens (including phenoxy) is 1. The van der Waals surface area contributed by atoms with E-state index >= 15 is 0 Å². The van der Waals surface area contributed by atoms with Gasteiger partial charge in [0.15, 0.2) is 5.11 Å². The summed E-state index contributed by atoms with van der Waals surface area (Å²) in [6.07, 6.45) is 0. The second kappa shape index (κ2) is 8.23. The van der Waals surface area contributed by atoms with Gasteiger partial charge in [0.2, 0.25) is 5.95 Å². The van der Waals surface area contributed by atoms with Crippen molar-refractivity contribution in [2.75, 3.05) is 36.5 Å². The topological polar surface area (TPSA) is 62.3 Å². The fourth-order valence-corrected chi connectivity index (χ4v) is 2.68. The summed E-state index contributed by atoms with van der Waals surface area (Å²) in [6, 6.07) is 11.8. The minimum absolute atomic E-state index is 0.375. The third kappa shape index (κ3) is 4.77. The highest BCUT2D eigenvalue weighted by atomic mass is 35.5. The highest BCUT2D eigenvalue weighted by Crippen LogP contribution is 2.19. The van der Waals surface area contributed by atoms with E-state index in [9.17, 15) is 0 Å². The molecule has 0 bridgehead atoms. The summed E-state index contributed by atoms with van der Waals surface area (Å²) in [7, 11) is 0. The summed E-state index contributed by atoms with van der Waals surface area (Å²) >= 11 is 11.4. The number of nitrogens with one attached hydrogen (secondary N) is 2. The molecule has 0 atom stereocenters. The van der Waals surface area contributed by atoms with Gasteiger partial charge in [-0.1, -0.05) is 41.9 Å². The Morgan fingerprint density at radius 3 is 2.71 bits per heavy atom. The van der Waals surface area contributed by atoms with Crippen LogP contribution < -0.4 is 15.5 Å². The molecule has 0 spiro atoms. The Labute approximate surface area is 151 Å². The van der Waals surface area contributed by atoms with Gasteiger partial charge in [0.25, 0.3) is 0 Å². The van der Waals surface area contributed by atoms with Crippen LogP contribution in [0.25, 0.3) is 0 Å². The number of hydrogen-bond donors (Lipinski definition) is 2. The lowest BCUT2D eigenvalue weighted by Gasteiger charge is -2.28. The third-order valence-corrected chi connectivity index (χ3v) is 3.98. The minimum atomic E-state index is 0.375. The van der Waals surface area contributed by atoms with E-state index in [1.54, 1.807) is 6.07 Å². The number of halogens is 1. The van der Waals surface area contributed by atoms with Gasteiger partial charge in [-0.15, -0.1) is 0 Å². The number of rotatable bonds is 4. The summed E-state index contributed by atoms with van der Waals surface area (Å²) < 4.78 is 5.36. The molecule has 8 heteroatoms. The number of thiocarbonyl (C=S) groups is 1. The average Bonchev–Trinajstić information content (AvgIpc) is 2.61. The molecule has 126 valence electrons. The Kier molecular flexibility index (Phi) is 5.79. The zero-order valence-corrected chi connectivity index (χ0v) is 14.6. The van der Waals surface area contributed by atoms with Gasteiger partial charge in [0, 0.05) is 25.7 Å². The van der Waals surface area contributed by atoms with Gasteiger partial charge in [-0.2, -0.15) is 4.98 Å². The van der Waals surface area contributed by atoms with Crippen LogP contribution in [0.3, 0.4) is 0 Å². The van der Waals surface area contributed by atoms with Crippen LogP contribution in [0.1, 0.15) is 5.56 Å². The van der Waals surface area contributed by atoms with E-state index in [-0.39, 0.29) is 0 Å². The molecule has 24 heavy (non-hydrogen) atoms. The van der Waals surface area contributed by atoms with E-state index < -0.39 is 0 Å². The number of morpholine rings is 1. The molecule has 0 aliphatic carbocycles. The standard InChI is InChI=1S/C16H18ClN5OS/c17-13-10-14(22-6-8-23-9-7-22)20-15(19-13)21-16(24)18-11-12-4-2-1-3-5-12/h1-5,10H,6-9,11H2,(H2,18,19,20,21,24). The van der Waals surface area contributed by atoms with E-state index in [2.05, 4.69) is 25.5 Å². The predicted octanol–water partition coefficient (Wildman–Crippen LogP) is 2.45. The summed E-state index contributed by atoms with van der Waals surface area (Å²) in [4.78, 5) is 10.8. The van der Waals surface area contributed by atoms with Crippen LogP contribution in [0.2, 0.25) is 5.15 Å². The molecular weight excluding hydrogens is 346 g/mol. The Morgan fingerprint density at radius 2 is 1.96 bits per heavy atom. The van der Waals surface area contributed by atoms with E-state index in [0.29, 0.717) is 36.0 Å². The SMILES string of the molecule is S=C(NCc1ccccc1)Nc1nc(Cl)cc(N2CCOCC2)n1. The van der Waals surface area contributed by atoms with Crippen molar-refractivity contribution >= 4 is 40.7 Å². The molecule has 1 aromatic carbocycles. The normalized spacial score (nSPS) is 14.3. The molecule has 1 aliphatic heterocycles. The van der Waals surface area contributed by atoms with Crippen molar-refractivity contribution in [3.8, 4) is 0 Å². The van der Waals surface area contributed by atoms with Crippen molar-refractivity contribution in [3.05, 3.63) is 47.1 Å². The monoisotopic (exact) mass is 363 g/mol. The summed E-state index contributed by atoms with van der Waals surface area (Å²) in [5, 5.41) is 6.95. The van der Waals surface area contributed by atoms with Crippen LogP contribution in [0.5, 0.6) is 0 Å². The van der Waals surface area contributed by atoms with E-state index in [0.717, 1.165) is 24.5 Å². The van der Waals surface area contributed by atoms with Gasteiger partial charge >= 0.3 is 0 Å². The second-order valence-corrected chi connectivity index (χ2v) is 6.06. The van der Waals surface area contributed by atoms with Gasteiger partial charge < -0.3 is 20.3 Å². The first-order valence-corrected chi connectivity index (χ1v) is 8.45. The molecule has 0 radical (unpaired) electrons. The zero-order valence-electron chi connectivity index (χ0n) is 13.0. The maximum absolute atomic E-state index is 6.11. The summed E-state index contributed by atoms with van der Waals surface area (Å²) in [5.74, 6) is 1.15. The number of anilines is 2. The molecule has 6 nitrogen and oxygen atoms in total. The lowest BCUT2D eigenvalue weighted by Crippen LogP contribution is -2.37. The number of aromatic nitrogens is 2. The van der Waals surface area contributed by atoms with Crippen molar-refractivity contribution in [3.63, 3.8) is 0 Å². The Hall–Kier alpha value is -1.96. The maximum atomic E-state index is 6.11. The van der Waals surface area contributed by atoms with Crippen molar-refractivity contribution in [1.29, 1.82) is 0 Å². The Balaban J connectivity index is 1.61. The summed E-state index contributed by atoms with van der Waals surface area (Å²) in [6.45, 7) is 3.55. The lowest BCUT2D eigenvalue weighted by atomic mass is 10.2. The molecule has 0 amide bonds. The summed E-state index contributed by atoms with van der Waals surface area (Å²) in [5.41, 5.74) is 1.14. The molecule has 2 aromatic rings. The molecule has 1 fully saturated rings. The number of benzene rings is 1. The lowest BCUT2D eigenvalue weighted by molar-refractivity contribution is 0.122. The Bertz CT molecular complexity index is 694. The van der Waals surface area contributed by atoms with Gasteiger partial charge in [0.05, 0.1) is 13.2 Å². The molecule has 3 rings (SSSR count). The molecule has 1 aliphatic rings. The predicted molar refractivity (Wildman–Crippen MR) is 99.6 cm³/mol. The van der Waals surface area contributed by atoms with Gasteiger partial charge in [-0.3, -0.25) is 0 Å². The van der Waals surface area contributed by atoms with Crippen LogP contribution in [0, 0.1) is 0 Å². The van der Waals surface area contributed by atoms with Crippen molar-refractivity contribution in [2.24, 2.45) is 0 Å². The zero-order chi connectivity index (χ0) is 16.8. The minimum Gasteiger partial charge on any atom is -0.378 e. The quantitative estimate of drug-likeness (QED) is 0.639. The van der Waals surface area contributed by atoms with E-state index in [4.69, 9.17) is 28.6 Å². The van der Waals surface area contributed by atoms with Crippen LogP contribution >= 0.6 is 23.8 Å². The van der Waals surface area contributed by atoms with Gasteiger partial charge in [0.1, 0.15) is 11.0 Å². The molecule has 1 aromatic heterocycles. The number of nitrogens with zero attached hydrogens (tertiary/aromatic N) is 3. The second-order valence-electron chi connectivity index (χ2n) is 5.27. The maximum Gasteiger partial charge on any atom is 0.232 e. The van der Waals surface area contributed by atoms with Crippen molar-refractivity contribution < 1.29 is 4.74 Å². The fourth-order valence-electron chi connectivity index (χ4n) is 2.34. The van der Waals surface area contributed by atoms with Crippen LogP contribution in [0.4, 0.5) is 11.8 Å². The largest absolute Gasteiger partial charge is 0.378 e. The van der Waals surface area contributed by atoms with E-state index in [1.807, 2.05) is 30.3 Å². The molecular formula is C16H18ClN5OS. The highest BCUT2D eigenvalue weighted by molar-refractivity contribution is 7.80. The average molecular weight is 364 g/mol. The first-order chi connectivity index (χ1) is 11.7. The molecule has 2 N–H and O–H groups in total. The Morgan fingerprint density at radius 1 is 1.21 bits per heavy atom. The first-order valence-electron chi connectivity index (χ1n) is 7.67. The molecule has 2 heterocycles. The molecule has 0 saturated carbocycles. The van der Waals surface area contributed by atoms with Crippen LogP contribution in [0.15, 0.2) is 36.4 Å². The number of hydrogen-bond acceptors (Lipinski definition) is 5. The van der Waals surface area contributed by atoms with E-state index in [1.165, 1.54) is 0 Å². The third-order valence-electron chi connectivity index (χ3n) is 3.54. The smallest absolute Gasteiger partial charge is 0.232 e. The van der Waals surface area contributed by atoms with Gasteiger partial charge in [-0.05, 0) is 17.8 Å². The highest BCUT2D eigenvalue weighted by Gasteiger charge is 2.15. The van der Waals surface area contributed by atoms with Crippen molar-refractivity contribution in [2.45, 2.75) is 6.54 Å². The van der Waals surface area contributed by atoms with Crippen molar-refractivity contribution in [1.82, 2.24) is 15.3 Å². The van der Waals surface area contributed by atoms with Crippen LogP contribution in [-0.4, -0.2) is 41.4 Å². The molecule has 1 saturated heterocycles. The van der Waals surface area contributed by atoms with Gasteiger partial charge in [-0.25, -0.2) is 4.98 Å². The fraction of sp³-hybridized carbons (Fsp3) is 0.312. The van der Waals surface area contributed by atoms with Crippen LogP contribution in [-0.2, 0) is 11.3 Å².